The summed E-state index contributed by atoms with van der Waals surface area (Å²) in [6.45, 7) is 0.931. The molecule has 2 aromatic carbocycles. The molecule has 4 aromatic rings. The normalized spacial score (nSPS) is 12.4. The summed E-state index contributed by atoms with van der Waals surface area (Å²) in [5, 5.41) is 11.1. The number of carbonyl (C=O) groups excluding carboxylic acids is 1. The number of fused-ring (bicyclic) bond motifs is 2. The third kappa shape index (κ3) is 4.33. The molecular formula is C22H19FN6O4. The smallest absolute Gasteiger partial charge is 0.327 e. The Hall–Kier alpha value is -4.41. The Labute approximate surface area is 187 Å². The Morgan fingerprint density at radius 2 is 1.88 bits per heavy atom. The number of rotatable bonds is 6. The van der Waals surface area contributed by atoms with Gasteiger partial charge in [0.2, 0.25) is 5.95 Å². The number of hydrogen-bond acceptors (Lipinski definition) is 9. The van der Waals surface area contributed by atoms with E-state index in [9.17, 15) is 9.18 Å². The van der Waals surface area contributed by atoms with Crippen LogP contribution in [0.25, 0.3) is 10.9 Å². The molecule has 0 aliphatic carbocycles. The molecule has 0 atom stereocenters. The highest BCUT2D eigenvalue weighted by Gasteiger charge is 2.14. The van der Waals surface area contributed by atoms with Crippen LogP contribution in [0, 0.1) is 5.82 Å². The number of anilines is 4. The van der Waals surface area contributed by atoms with Crippen LogP contribution in [-0.4, -0.2) is 46.0 Å². The summed E-state index contributed by atoms with van der Waals surface area (Å²) < 4.78 is 31.7. The number of halogens is 1. The SMILES string of the molecule is COC(=O)Cn1ncc2ccc(Nc3ncc(F)c(Nc4ccc5c(c4)OCCO5)n3)cc21. The van der Waals surface area contributed by atoms with Crippen molar-refractivity contribution in [3.63, 3.8) is 0 Å². The molecule has 0 unspecified atom stereocenters. The molecule has 1 aliphatic rings. The van der Waals surface area contributed by atoms with Gasteiger partial charge in [-0.25, -0.2) is 9.37 Å². The van der Waals surface area contributed by atoms with E-state index in [-0.39, 0.29) is 18.3 Å². The molecule has 0 fully saturated rings. The van der Waals surface area contributed by atoms with Gasteiger partial charge in [-0.2, -0.15) is 10.1 Å². The predicted molar refractivity (Wildman–Crippen MR) is 118 cm³/mol. The van der Waals surface area contributed by atoms with Gasteiger partial charge in [-0.05, 0) is 30.3 Å². The second-order valence-electron chi connectivity index (χ2n) is 7.15. The zero-order valence-corrected chi connectivity index (χ0v) is 17.5. The second kappa shape index (κ2) is 8.61. The Morgan fingerprint density at radius 3 is 2.73 bits per heavy atom. The van der Waals surface area contributed by atoms with Gasteiger partial charge in [0.25, 0.3) is 0 Å². The number of esters is 1. The van der Waals surface area contributed by atoms with Crippen molar-refractivity contribution in [1.82, 2.24) is 19.7 Å². The van der Waals surface area contributed by atoms with Crippen molar-refractivity contribution in [2.24, 2.45) is 0 Å². The maximum absolute atomic E-state index is 14.4. The molecule has 3 heterocycles. The van der Waals surface area contributed by atoms with E-state index >= 15 is 0 Å². The van der Waals surface area contributed by atoms with Crippen LogP contribution in [0.4, 0.5) is 27.5 Å². The van der Waals surface area contributed by atoms with Gasteiger partial charge in [0.05, 0.1) is 25.0 Å². The first-order valence-corrected chi connectivity index (χ1v) is 10.1. The average Bonchev–Trinajstić information content (AvgIpc) is 3.23. The maximum Gasteiger partial charge on any atom is 0.327 e. The van der Waals surface area contributed by atoms with Crippen molar-refractivity contribution in [3.8, 4) is 11.5 Å². The minimum absolute atomic E-state index is 0.000916. The first-order valence-electron chi connectivity index (χ1n) is 10.1. The van der Waals surface area contributed by atoms with Crippen LogP contribution in [0.15, 0.2) is 48.8 Å². The largest absolute Gasteiger partial charge is 0.486 e. The lowest BCUT2D eigenvalue weighted by atomic mass is 10.2. The van der Waals surface area contributed by atoms with Crippen LogP contribution < -0.4 is 20.1 Å². The summed E-state index contributed by atoms with van der Waals surface area (Å²) in [5.41, 5.74) is 1.96. The minimum Gasteiger partial charge on any atom is -0.486 e. The van der Waals surface area contributed by atoms with Crippen molar-refractivity contribution in [3.05, 3.63) is 54.6 Å². The predicted octanol–water partition coefficient (Wildman–Crippen LogP) is 3.40. The number of carbonyl (C=O) groups is 1. The van der Waals surface area contributed by atoms with E-state index in [1.54, 1.807) is 30.5 Å². The van der Waals surface area contributed by atoms with Crippen LogP contribution in [0.5, 0.6) is 11.5 Å². The number of aromatic nitrogens is 4. The van der Waals surface area contributed by atoms with Gasteiger partial charge in [-0.3, -0.25) is 9.48 Å². The Morgan fingerprint density at radius 1 is 1.09 bits per heavy atom. The lowest BCUT2D eigenvalue weighted by Gasteiger charge is -2.19. The molecule has 0 spiro atoms. The summed E-state index contributed by atoms with van der Waals surface area (Å²) in [4.78, 5) is 19.9. The van der Waals surface area contributed by atoms with Crippen LogP contribution in [0.3, 0.4) is 0 Å². The van der Waals surface area contributed by atoms with Crippen molar-refractivity contribution in [1.29, 1.82) is 0 Å². The van der Waals surface area contributed by atoms with E-state index in [0.29, 0.717) is 36.1 Å². The van der Waals surface area contributed by atoms with E-state index in [4.69, 9.17) is 14.2 Å². The Bertz CT molecular complexity index is 1340. The number of hydrogen-bond donors (Lipinski definition) is 2. The number of methoxy groups -OCH3 is 1. The molecule has 0 bridgehead atoms. The van der Waals surface area contributed by atoms with Crippen molar-refractivity contribution in [2.75, 3.05) is 31.0 Å². The zero-order chi connectivity index (χ0) is 22.8. The summed E-state index contributed by atoms with van der Waals surface area (Å²) in [5.74, 6) is 0.392. The van der Waals surface area contributed by atoms with Gasteiger partial charge in [-0.1, -0.05) is 0 Å². The van der Waals surface area contributed by atoms with Crippen molar-refractivity contribution in [2.45, 2.75) is 6.54 Å². The summed E-state index contributed by atoms with van der Waals surface area (Å²) in [7, 11) is 1.32. The van der Waals surface area contributed by atoms with Crippen molar-refractivity contribution >= 4 is 40.0 Å². The number of nitrogens with one attached hydrogen (secondary N) is 2. The highest BCUT2D eigenvalue weighted by molar-refractivity contribution is 5.84. The fourth-order valence-electron chi connectivity index (χ4n) is 3.36. The molecule has 5 rings (SSSR count). The highest BCUT2D eigenvalue weighted by Crippen LogP contribution is 2.34. The van der Waals surface area contributed by atoms with Crippen LogP contribution in [0.2, 0.25) is 0 Å². The lowest BCUT2D eigenvalue weighted by molar-refractivity contribution is -0.141. The molecule has 0 saturated heterocycles. The van der Waals surface area contributed by atoms with Crippen LogP contribution in [-0.2, 0) is 16.1 Å². The average molecular weight is 450 g/mol. The molecule has 2 aromatic heterocycles. The van der Waals surface area contributed by atoms with E-state index in [0.717, 1.165) is 17.1 Å². The van der Waals surface area contributed by atoms with Crippen molar-refractivity contribution < 1.29 is 23.4 Å². The summed E-state index contributed by atoms with van der Waals surface area (Å²) in [6, 6.07) is 10.7. The third-order valence-electron chi connectivity index (χ3n) is 4.96. The summed E-state index contributed by atoms with van der Waals surface area (Å²) >= 11 is 0. The Balaban J connectivity index is 1.37. The van der Waals surface area contributed by atoms with Gasteiger partial charge >= 0.3 is 5.97 Å². The number of ether oxygens (including phenoxy) is 3. The number of benzene rings is 2. The molecule has 10 nitrogen and oxygen atoms in total. The van der Waals surface area contributed by atoms with Crippen LogP contribution >= 0.6 is 0 Å². The quantitative estimate of drug-likeness (QED) is 0.427. The maximum atomic E-state index is 14.4. The molecule has 2 N–H and O–H groups in total. The lowest BCUT2D eigenvalue weighted by Crippen LogP contribution is -2.15. The van der Waals surface area contributed by atoms with E-state index < -0.39 is 11.8 Å². The monoisotopic (exact) mass is 450 g/mol. The fourth-order valence-corrected chi connectivity index (χ4v) is 3.36. The standard InChI is InChI=1S/C22H19FN6O4/c1-31-20(30)12-29-17-8-14(3-2-13(17)10-25-29)27-22-24-11-16(23)21(28-22)26-15-4-5-18-19(9-15)33-7-6-32-18/h2-5,8-11H,6-7,12H2,1H3,(H2,24,26,27,28). The Kier molecular flexibility index (Phi) is 5.35. The molecule has 33 heavy (non-hydrogen) atoms. The molecule has 1 aliphatic heterocycles. The molecule has 0 amide bonds. The molecular weight excluding hydrogens is 431 g/mol. The second-order valence-corrected chi connectivity index (χ2v) is 7.15. The first-order chi connectivity index (χ1) is 16.1. The molecule has 168 valence electrons. The van der Waals surface area contributed by atoms with E-state index in [1.165, 1.54) is 11.8 Å². The minimum atomic E-state index is -0.609. The van der Waals surface area contributed by atoms with Gasteiger partial charge in [0.15, 0.2) is 23.1 Å². The fraction of sp³-hybridized carbons (Fsp3) is 0.182. The molecule has 0 radical (unpaired) electrons. The van der Waals surface area contributed by atoms with Crippen LogP contribution in [0.1, 0.15) is 0 Å². The summed E-state index contributed by atoms with van der Waals surface area (Å²) in [6.07, 6.45) is 2.74. The molecule has 11 heteroatoms. The molecule has 0 saturated carbocycles. The van der Waals surface area contributed by atoms with Gasteiger partial charge in [0, 0.05) is 22.8 Å². The number of nitrogens with zero attached hydrogens (tertiary/aromatic N) is 4. The highest BCUT2D eigenvalue weighted by atomic mass is 19.1. The van der Waals surface area contributed by atoms with E-state index in [1.807, 2.05) is 12.1 Å². The van der Waals surface area contributed by atoms with Gasteiger partial charge < -0.3 is 24.8 Å². The van der Waals surface area contributed by atoms with E-state index in [2.05, 4.69) is 25.7 Å². The van der Waals surface area contributed by atoms with Gasteiger partial charge in [-0.15, -0.1) is 0 Å². The van der Waals surface area contributed by atoms with Gasteiger partial charge in [0.1, 0.15) is 19.8 Å². The topological polar surface area (TPSA) is 112 Å². The third-order valence-corrected chi connectivity index (χ3v) is 4.96. The zero-order valence-electron chi connectivity index (χ0n) is 17.5. The first kappa shape index (κ1) is 20.5.